The molecule has 2 amide bonds. The molecule has 0 bridgehead atoms. The first kappa shape index (κ1) is 13.5. The predicted octanol–water partition coefficient (Wildman–Crippen LogP) is 2.25. The van der Waals surface area contributed by atoms with E-state index in [1.54, 1.807) is 6.92 Å². The van der Waals surface area contributed by atoms with Gasteiger partial charge in [-0.25, -0.2) is 0 Å². The third-order valence-electron chi connectivity index (χ3n) is 3.10. The molecular formula is C12H15BrN2O2S. The van der Waals surface area contributed by atoms with Gasteiger partial charge in [0.25, 0.3) is 5.91 Å². The number of nitrogens with one attached hydrogen (secondary N) is 1. The molecule has 0 radical (unpaired) electrons. The van der Waals surface area contributed by atoms with Crippen molar-refractivity contribution in [2.45, 2.75) is 25.8 Å². The summed E-state index contributed by atoms with van der Waals surface area (Å²) in [7, 11) is 0. The Balaban J connectivity index is 1.87. The maximum absolute atomic E-state index is 12.0. The first-order valence-electron chi connectivity index (χ1n) is 5.87. The van der Waals surface area contributed by atoms with Crippen LogP contribution in [0.15, 0.2) is 15.9 Å². The zero-order chi connectivity index (χ0) is 13.1. The molecule has 1 aliphatic rings. The second-order valence-corrected chi connectivity index (χ2v) is 6.12. The van der Waals surface area contributed by atoms with Gasteiger partial charge in [-0.05, 0) is 40.2 Å². The monoisotopic (exact) mass is 330 g/mol. The second kappa shape index (κ2) is 5.84. The number of hydrogen-bond donors (Lipinski definition) is 1. The molecule has 2 rings (SSSR count). The molecule has 1 N–H and O–H groups in total. The van der Waals surface area contributed by atoms with E-state index in [0.29, 0.717) is 4.88 Å². The molecule has 0 unspecified atom stereocenters. The summed E-state index contributed by atoms with van der Waals surface area (Å²) in [5, 5.41) is 4.91. The molecule has 0 saturated carbocycles. The predicted molar refractivity (Wildman–Crippen MR) is 74.8 cm³/mol. The fourth-order valence-corrected chi connectivity index (χ4v) is 3.50. The second-order valence-electron chi connectivity index (χ2n) is 4.35. The summed E-state index contributed by atoms with van der Waals surface area (Å²) in [5.41, 5.74) is 0. The van der Waals surface area contributed by atoms with Crippen molar-refractivity contribution in [2.24, 2.45) is 0 Å². The van der Waals surface area contributed by atoms with Crippen LogP contribution in [-0.2, 0) is 4.79 Å². The molecular weight excluding hydrogens is 316 g/mol. The molecule has 0 atom stereocenters. The quantitative estimate of drug-likeness (QED) is 0.904. The Morgan fingerprint density at radius 3 is 2.61 bits per heavy atom. The number of carbonyl (C=O) groups is 2. The van der Waals surface area contributed by atoms with Gasteiger partial charge >= 0.3 is 0 Å². The average Bonchev–Trinajstić information content (AvgIpc) is 2.76. The third kappa shape index (κ3) is 3.11. The van der Waals surface area contributed by atoms with E-state index in [4.69, 9.17) is 0 Å². The fraction of sp³-hybridized carbons (Fsp3) is 0.500. The SMILES string of the molecule is CC(=O)N1CCC(NC(=O)c2sccc2Br)CC1. The molecule has 6 heteroatoms. The van der Waals surface area contributed by atoms with Crippen molar-refractivity contribution in [1.29, 1.82) is 0 Å². The first-order chi connectivity index (χ1) is 8.58. The van der Waals surface area contributed by atoms with Gasteiger partial charge in [-0.3, -0.25) is 9.59 Å². The number of nitrogens with zero attached hydrogens (tertiary/aromatic N) is 1. The maximum Gasteiger partial charge on any atom is 0.262 e. The zero-order valence-electron chi connectivity index (χ0n) is 10.1. The van der Waals surface area contributed by atoms with Crippen molar-refractivity contribution in [3.8, 4) is 0 Å². The lowest BCUT2D eigenvalue weighted by molar-refractivity contribution is -0.129. The van der Waals surface area contributed by atoms with Crippen LogP contribution in [0.1, 0.15) is 29.4 Å². The standard InChI is InChI=1S/C12H15BrN2O2S/c1-8(16)15-5-2-9(3-6-15)14-12(17)11-10(13)4-7-18-11/h4,7,9H,2-3,5-6H2,1H3,(H,14,17). The molecule has 98 valence electrons. The van der Waals surface area contributed by atoms with Crippen molar-refractivity contribution in [1.82, 2.24) is 10.2 Å². The molecule has 18 heavy (non-hydrogen) atoms. The molecule has 0 aliphatic carbocycles. The largest absolute Gasteiger partial charge is 0.348 e. The fourth-order valence-electron chi connectivity index (χ4n) is 2.05. The van der Waals surface area contributed by atoms with Crippen LogP contribution in [0.4, 0.5) is 0 Å². The summed E-state index contributed by atoms with van der Waals surface area (Å²) in [6.45, 7) is 3.04. The summed E-state index contributed by atoms with van der Waals surface area (Å²) in [6.07, 6.45) is 1.66. The lowest BCUT2D eigenvalue weighted by atomic mass is 10.0. The van der Waals surface area contributed by atoms with Crippen LogP contribution in [-0.4, -0.2) is 35.8 Å². The minimum absolute atomic E-state index is 0.0295. The average molecular weight is 331 g/mol. The summed E-state index contributed by atoms with van der Waals surface area (Å²) in [4.78, 5) is 25.7. The van der Waals surface area contributed by atoms with Gasteiger partial charge in [-0.1, -0.05) is 0 Å². The molecule has 1 aromatic rings. The summed E-state index contributed by atoms with van der Waals surface area (Å²) in [6, 6.07) is 2.04. The Bertz CT molecular complexity index is 453. The third-order valence-corrected chi connectivity index (χ3v) is 4.94. The lowest BCUT2D eigenvalue weighted by Crippen LogP contribution is -2.45. The van der Waals surface area contributed by atoms with Crippen LogP contribution in [0, 0.1) is 0 Å². The van der Waals surface area contributed by atoms with E-state index in [-0.39, 0.29) is 17.9 Å². The zero-order valence-corrected chi connectivity index (χ0v) is 12.5. The van der Waals surface area contributed by atoms with Crippen molar-refractivity contribution in [3.63, 3.8) is 0 Å². The van der Waals surface area contributed by atoms with Gasteiger partial charge < -0.3 is 10.2 Å². The number of likely N-dealkylation sites (tertiary alicyclic amines) is 1. The first-order valence-corrected chi connectivity index (χ1v) is 7.54. The molecule has 1 aliphatic heterocycles. The minimum atomic E-state index is -0.0295. The number of hydrogen-bond acceptors (Lipinski definition) is 3. The maximum atomic E-state index is 12.0. The Morgan fingerprint density at radius 2 is 2.11 bits per heavy atom. The molecule has 0 aromatic carbocycles. The Labute approximate surface area is 118 Å². The highest BCUT2D eigenvalue weighted by Crippen LogP contribution is 2.23. The highest BCUT2D eigenvalue weighted by Gasteiger charge is 2.23. The topological polar surface area (TPSA) is 49.4 Å². The van der Waals surface area contributed by atoms with Crippen molar-refractivity contribution >= 4 is 39.1 Å². The van der Waals surface area contributed by atoms with E-state index in [1.807, 2.05) is 16.3 Å². The van der Waals surface area contributed by atoms with Crippen molar-refractivity contribution < 1.29 is 9.59 Å². The lowest BCUT2D eigenvalue weighted by Gasteiger charge is -2.31. The van der Waals surface area contributed by atoms with E-state index in [1.165, 1.54) is 11.3 Å². The Hall–Kier alpha value is -0.880. The van der Waals surface area contributed by atoms with E-state index >= 15 is 0 Å². The molecule has 0 spiro atoms. The smallest absolute Gasteiger partial charge is 0.262 e. The van der Waals surface area contributed by atoms with Gasteiger partial charge in [0.05, 0.1) is 0 Å². The van der Waals surface area contributed by atoms with E-state index in [2.05, 4.69) is 21.2 Å². The van der Waals surface area contributed by atoms with E-state index in [0.717, 1.165) is 30.4 Å². The van der Waals surface area contributed by atoms with Crippen molar-refractivity contribution in [2.75, 3.05) is 13.1 Å². The van der Waals surface area contributed by atoms with Crippen LogP contribution >= 0.6 is 27.3 Å². The number of carbonyl (C=O) groups excluding carboxylic acids is 2. The Morgan fingerprint density at radius 1 is 1.44 bits per heavy atom. The molecule has 2 heterocycles. The number of rotatable bonds is 2. The molecule has 1 saturated heterocycles. The molecule has 1 aromatic heterocycles. The number of piperidine rings is 1. The van der Waals surface area contributed by atoms with Crippen LogP contribution in [0.2, 0.25) is 0 Å². The van der Waals surface area contributed by atoms with Gasteiger partial charge in [0.2, 0.25) is 5.91 Å². The van der Waals surface area contributed by atoms with E-state index in [9.17, 15) is 9.59 Å². The highest BCUT2D eigenvalue weighted by atomic mass is 79.9. The van der Waals surface area contributed by atoms with Gasteiger partial charge in [-0.15, -0.1) is 11.3 Å². The van der Waals surface area contributed by atoms with Crippen LogP contribution in [0.5, 0.6) is 0 Å². The van der Waals surface area contributed by atoms with Crippen LogP contribution in [0.3, 0.4) is 0 Å². The van der Waals surface area contributed by atoms with Gasteiger partial charge in [0.1, 0.15) is 4.88 Å². The normalized spacial score (nSPS) is 16.7. The van der Waals surface area contributed by atoms with Gasteiger partial charge in [0.15, 0.2) is 0 Å². The summed E-state index contributed by atoms with van der Waals surface area (Å²) < 4.78 is 0.839. The number of amides is 2. The highest BCUT2D eigenvalue weighted by molar-refractivity contribution is 9.10. The van der Waals surface area contributed by atoms with Gasteiger partial charge in [0, 0.05) is 30.5 Å². The minimum Gasteiger partial charge on any atom is -0.348 e. The van der Waals surface area contributed by atoms with Crippen LogP contribution < -0.4 is 5.32 Å². The molecule has 1 fully saturated rings. The number of halogens is 1. The molecule has 4 nitrogen and oxygen atoms in total. The van der Waals surface area contributed by atoms with Gasteiger partial charge in [-0.2, -0.15) is 0 Å². The van der Waals surface area contributed by atoms with Crippen LogP contribution in [0.25, 0.3) is 0 Å². The number of thiophene rings is 1. The van der Waals surface area contributed by atoms with Crippen molar-refractivity contribution in [3.05, 3.63) is 20.8 Å². The summed E-state index contributed by atoms with van der Waals surface area (Å²) >= 11 is 4.79. The Kier molecular flexibility index (Phi) is 4.40. The van der Waals surface area contributed by atoms with E-state index < -0.39 is 0 Å². The summed E-state index contributed by atoms with van der Waals surface area (Å²) in [5.74, 6) is 0.0823.